The van der Waals surface area contributed by atoms with Crippen molar-refractivity contribution >= 4 is 28.3 Å². The summed E-state index contributed by atoms with van der Waals surface area (Å²) in [4.78, 5) is 18.3. The zero-order valence-corrected chi connectivity index (χ0v) is 14.1. The van der Waals surface area contributed by atoms with E-state index in [2.05, 4.69) is 4.98 Å². The van der Waals surface area contributed by atoms with Crippen molar-refractivity contribution in [3.05, 3.63) is 62.7 Å². The van der Waals surface area contributed by atoms with Gasteiger partial charge in [-0.25, -0.2) is 4.79 Å². The zero-order valence-electron chi connectivity index (χ0n) is 13.3. The van der Waals surface area contributed by atoms with E-state index in [9.17, 15) is 4.79 Å². The van der Waals surface area contributed by atoms with Gasteiger partial charge in [-0.1, -0.05) is 11.6 Å². The number of nitrogens with zero attached hydrogens (tertiary/aromatic N) is 2. The number of ether oxygens (including phenoxy) is 1. The fourth-order valence-electron chi connectivity index (χ4n) is 2.97. The van der Waals surface area contributed by atoms with E-state index < -0.39 is 0 Å². The molecule has 3 aromatic rings. The van der Waals surface area contributed by atoms with Crippen LogP contribution < -0.4 is 15.3 Å². The summed E-state index contributed by atoms with van der Waals surface area (Å²) in [5.41, 5.74) is 3.40. The normalized spacial score (nSPS) is 13.7. The number of hydrogen-bond acceptors (Lipinski definition) is 5. The summed E-state index contributed by atoms with van der Waals surface area (Å²) >= 11 is 6.40. The molecule has 6 heteroatoms. The summed E-state index contributed by atoms with van der Waals surface area (Å²) in [6.07, 6.45) is 3.49. The lowest BCUT2D eigenvalue weighted by Crippen LogP contribution is -2.32. The molecular weight excluding hydrogens is 328 g/mol. The highest BCUT2D eigenvalue weighted by Gasteiger charge is 2.25. The maximum atomic E-state index is 12.1. The Morgan fingerprint density at radius 3 is 2.88 bits per heavy atom. The van der Waals surface area contributed by atoms with E-state index in [4.69, 9.17) is 20.8 Å². The summed E-state index contributed by atoms with van der Waals surface area (Å²) in [6, 6.07) is 5.63. The number of halogens is 1. The molecule has 1 aliphatic heterocycles. The van der Waals surface area contributed by atoms with Gasteiger partial charge < -0.3 is 14.1 Å². The molecule has 0 fully saturated rings. The van der Waals surface area contributed by atoms with Gasteiger partial charge in [0.15, 0.2) is 6.73 Å². The summed E-state index contributed by atoms with van der Waals surface area (Å²) in [5, 5.41) is 1.37. The quantitative estimate of drug-likeness (QED) is 0.629. The number of fused-ring (bicyclic) bond motifs is 3. The van der Waals surface area contributed by atoms with Crippen molar-refractivity contribution in [3.63, 3.8) is 0 Å². The Kier molecular flexibility index (Phi) is 3.46. The first-order valence-corrected chi connectivity index (χ1v) is 7.97. The number of hydrogen-bond donors (Lipinski definition) is 0. The molecule has 1 aliphatic rings. The highest BCUT2D eigenvalue weighted by molar-refractivity contribution is 6.33. The monoisotopic (exact) mass is 342 g/mol. The first-order valence-electron chi connectivity index (χ1n) is 7.59. The van der Waals surface area contributed by atoms with Crippen LogP contribution >= 0.6 is 11.6 Å². The fraction of sp³-hybridized carbons (Fsp3) is 0.222. The fourth-order valence-corrected chi connectivity index (χ4v) is 3.25. The molecule has 0 atom stereocenters. The zero-order chi connectivity index (χ0) is 16.8. The average molecular weight is 343 g/mol. The van der Waals surface area contributed by atoms with Gasteiger partial charge >= 0.3 is 5.63 Å². The molecule has 0 aliphatic carbocycles. The highest BCUT2D eigenvalue weighted by atomic mass is 35.5. The SMILES string of the molecule is Cc1c(C)c2cc(Cl)c3c(c2oc1=O)CN(c1cccnc1)CO3. The minimum absolute atomic E-state index is 0.331. The number of anilines is 1. The summed E-state index contributed by atoms with van der Waals surface area (Å²) < 4.78 is 11.4. The van der Waals surface area contributed by atoms with Crippen LogP contribution in [0.3, 0.4) is 0 Å². The van der Waals surface area contributed by atoms with Crippen LogP contribution in [0.15, 0.2) is 39.8 Å². The van der Waals surface area contributed by atoms with Gasteiger partial charge in [-0.15, -0.1) is 0 Å². The van der Waals surface area contributed by atoms with Gasteiger partial charge in [0.1, 0.15) is 11.3 Å². The molecule has 5 nitrogen and oxygen atoms in total. The number of benzene rings is 1. The van der Waals surface area contributed by atoms with Crippen molar-refractivity contribution in [1.82, 2.24) is 4.98 Å². The van der Waals surface area contributed by atoms with E-state index in [0.29, 0.717) is 35.2 Å². The third kappa shape index (κ3) is 2.24. The highest BCUT2D eigenvalue weighted by Crippen LogP contribution is 2.40. The van der Waals surface area contributed by atoms with Crippen molar-refractivity contribution in [1.29, 1.82) is 0 Å². The minimum Gasteiger partial charge on any atom is -0.471 e. The Hall–Kier alpha value is -2.53. The van der Waals surface area contributed by atoms with Gasteiger partial charge in [-0.3, -0.25) is 4.98 Å². The molecule has 0 radical (unpaired) electrons. The first-order chi connectivity index (χ1) is 11.6. The van der Waals surface area contributed by atoms with Crippen LogP contribution in [-0.2, 0) is 6.54 Å². The Bertz CT molecular complexity index is 999. The number of aromatic nitrogens is 1. The summed E-state index contributed by atoms with van der Waals surface area (Å²) in [6.45, 7) is 4.55. The van der Waals surface area contributed by atoms with Gasteiger partial charge in [0.25, 0.3) is 0 Å². The van der Waals surface area contributed by atoms with Crippen LogP contribution in [-0.4, -0.2) is 11.7 Å². The average Bonchev–Trinajstić information content (AvgIpc) is 2.61. The summed E-state index contributed by atoms with van der Waals surface area (Å²) in [5.74, 6) is 0.579. The Labute approximate surface area is 143 Å². The van der Waals surface area contributed by atoms with Crippen LogP contribution in [0.1, 0.15) is 16.7 Å². The van der Waals surface area contributed by atoms with Crippen LogP contribution in [0.4, 0.5) is 5.69 Å². The molecule has 0 bridgehead atoms. The van der Waals surface area contributed by atoms with Gasteiger partial charge in [0, 0.05) is 17.1 Å². The third-order valence-electron chi connectivity index (χ3n) is 4.47. The lowest BCUT2D eigenvalue weighted by atomic mass is 10.0. The van der Waals surface area contributed by atoms with Crippen LogP contribution in [0.5, 0.6) is 5.75 Å². The molecular formula is C18H15ClN2O3. The van der Waals surface area contributed by atoms with Crippen LogP contribution in [0.25, 0.3) is 11.0 Å². The largest absolute Gasteiger partial charge is 0.471 e. The number of aryl methyl sites for hydroxylation is 1. The second kappa shape index (κ2) is 5.53. The standard InChI is InChI=1S/C18H15ClN2O3/c1-10-11(2)18(22)24-16-13(10)6-15(19)17-14(16)8-21(9-23-17)12-4-3-5-20-7-12/h3-7H,8-9H2,1-2H3. The lowest BCUT2D eigenvalue weighted by Gasteiger charge is -2.31. The van der Waals surface area contributed by atoms with Crippen molar-refractivity contribution in [2.45, 2.75) is 20.4 Å². The molecule has 122 valence electrons. The molecule has 0 spiro atoms. The number of pyridine rings is 1. The van der Waals surface area contributed by atoms with Gasteiger partial charge in [-0.2, -0.15) is 0 Å². The smallest absolute Gasteiger partial charge is 0.339 e. The third-order valence-corrected chi connectivity index (χ3v) is 4.75. The maximum absolute atomic E-state index is 12.1. The Morgan fingerprint density at radius 1 is 1.29 bits per heavy atom. The molecule has 3 heterocycles. The number of rotatable bonds is 1. The second-order valence-electron chi connectivity index (χ2n) is 5.86. The van der Waals surface area contributed by atoms with E-state index in [-0.39, 0.29) is 5.63 Å². The van der Waals surface area contributed by atoms with Crippen molar-refractivity contribution in [3.8, 4) is 5.75 Å². The molecule has 0 saturated heterocycles. The molecule has 2 aromatic heterocycles. The molecule has 0 amide bonds. The molecule has 0 saturated carbocycles. The Morgan fingerprint density at radius 2 is 2.12 bits per heavy atom. The van der Waals surface area contributed by atoms with E-state index in [0.717, 1.165) is 22.2 Å². The second-order valence-corrected chi connectivity index (χ2v) is 6.27. The lowest BCUT2D eigenvalue weighted by molar-refractivity contribution is 0.289. The molecule has 24 heavy (non-hydrogen) atoms. The molecule has 0 N–H and O–H groups in total. The van der Waals surface area contributed by atoms with Crippen molar-refractivity contribution < 1.29 is 9.15 Å². The molecule has 0 unspecified atom stereocenters. The Balaban J connectivity index is 1.93. The van der Waals surface area contributed by atoms with Crippen LogP contribution in [0, 0.1) is 13.8 Å². The van der Waals surface area contributed by atoms with Gasteiger partial charge in [-0.05, 0) is 37.6 Å². The van der Waals surface area contributed by atoms with Gasteiger partial charge in [0.05, 0.1) is 29.0 Å². The topological polar surface area (TPSA) is 55.6 Å². The van der Waals surface area contributed by atoms with E-state index in [1.807, 2.05) is 24.0 Å². The first kappa shape index (κ1) is 15.0. The predicted octanol–water partition coefficient (Wildman–Crippen LogP) is 3.81. The molecule has 4 rings (SSSR count). The summed E-state index contributed by atoms with van der Waals surface area (Å²) in [7, 11) is 0. The van der Waals surface area contributed by atoms with Crippen LogP contribution in [0.2, 0.25) is 5.02 Å². The minimum atomic E-state index is -0.331. The van der Waals surface area contributed by atoms with Crippen molar-refractivity contribution in [2.75, 3.05) is 11.6 Å². The predicted molar refractivity (Wildman–Crippen MR) is 92.9 cm³/mol. The van der Waals surface area contributed by atoms with Gasteiger partial charge in [0.2, 0.25) is 0 Å². The van der Waals surface area contributed by atoms with E-state index in [1.165, 1.54) is 0 Å². The molecule has 1 aromatic carbocycles. The van der Waals surface area contributed by atoms with Crippen molar-refractivity contribution in [2.24, 2.45) is 0 Å². The maximum Gasteiger partial charge on any atom is 0.339 e. The van der Waals surface area contributed by atoms with E-state index in [1.54, 1.807) is 25.4 Å². The van der Waals surface area contributed by atoms with E-state index >= 15 is 0 Å².